The third kappa shape index (κ3) is 5.75. The Labute approximate surface area is 157 Å². The van der Waals surface area contributed by atoms with Gasteiger partial charge in [0.25, 0.3) is 0 Å². The molecule has 0 aliphatic heterocycles. The van der Waals surface area contributed by atoms with Gasteiger partial charge in [-0.2, -0.15) is 4.39 Å². The zero-order valence-corrected chi connectivity index (χ0v) is 15.7. The molecule has 2 amide bonds. The Morgan fingerprint density at radius 3 is 2.63 bits per heavy atom. The number of anilines is 2. The first-order valence-electron chi connectivity index (χ1n) is 9.19. The van der Waals surface area contributed by atoms with Crippen molar-refractivity contribution in [1.29, 1.82) is 0 Å². The number of nitrogens with one attached hydrogen (secondary N) is 3. The largest absolute Gasteiger partial charge is 0.371 e. The summed E-state index contributed by atoms with van der Waals surface area (Å²) in [7, 11) is 1.54. The highest BCUT2D eigenvalue weighted by Crippen LogP contribution is 2.30. The lowest BCUT2D eigenvalue weighted by Gasteiger charge is -2.22. The molecule has 1 heterocycles. The Bertz CT molecular complexity index is 654. The molecule has 0 aromatic carbocycles. The minimum Gasteiger partial charge on any atom is -0.371 e. The Balaban J connectivity index is 2.06. The third-order valence-electron chi connectivity index (χ3n) is 4.75. The molecule has 0 radical (unpaired) electrons. The zero-order chi connectivity index (χ0) is 19.8. The molecule has 10 heteroatoms. The summed E-state index contributed by atoms with van der Waals surface area (Å²) in [5.74, 6) is -1.08. The van der Waals surface area contributed by atoms with Crippen molar-refractivity contribution >= 4 is 24.0 Å². The molecule has 4 N–H and O–H groups in total. The van der Waals surface area contributed by atoms with Crippen LogP contribution in [0.5, 0.6) is 0 Å². The number of carbonyl (C=O) groups excluding carboxylic acids is 2. The molecule has 0 bridgehead atoms. The molecule has 0 spiro atoms. The van der Waals surface area contributed by atoms with E-state index in [0.29, 0.717) is 29.6 Å². The van der Waals surface area contributed by atoms with Gasteiger partial charge in [0.15, 0.2) is 11.6 Å². The SMILES string of the molecule is CCc1nc(NC)c(F)c(NNC(=O)[C@H](CC2CCCC2)CN(O)C=O)n1. The fourth-order valence-electron chi connectivity index (χ4n) is 3.30. The minimum absolute atomic E-state index is 0.0311. The van der Waals surface area contributed by atoms with Crippen LogP contribution in [-0.4, -0.2) is 46.1 Å². The second kappa shape index (κ2) is 10.0. The number of amides is 2. The number of aromatic nitrogens is 2. The summed E-state index contributed by atoms with van der Waals surface area (Å²) in [6.45, 7) is 1.71. The summed E-state index contributed by atoms with van der Waals surface area (Å²) in [5, 5.41) is 12.6. The van der Waals surface area contributed by atoms with Gasteiger partial charge in [-0.05, 0) is 12.3 Å². The predicted octanol–water partition coefficient (Wildman–Crippen LogP) is 1.71. The molecule has 0 unspecified atom stereocenters. The summed E-state index contributed by atoms with van der Waals surface area (Å²) in [5.41, 5.74) is 4.95. The first-order valence-corrected chi connectivity index (χ1v) is 9.19. The second-order valence-corrected chi connectivity index (χ2v) is 6.68. The standard InChI is InChI=1S/C17H27FN6O3/c1-3-13-20-15(19-2)14(18)16(21-13)22-23-17(26)12(9-24(27)10-25)8-11-6-4-5-7-11/h10-12,27H,3-9H2,1-2H3,(H,23,26)(H2,19,20,21,22)/t12-/m1/s1. The summed E-state index contributed by atoms with van der Waals surface area (Å²) < 4.78 is 14.3. The molecule has 9 nitrogen and oxygen atoms in total. The molecule has 2 rings (SSSR count). The minimum atomic E-state index is -0.709. The van der Waals surface area contributed by atoms with E-state index in [1.54, 1.807) is 7.05 Å². The number of rotatable bonds is 10. The lowest BCUT2D eigenvalue weighted by molar-refractivity contribution is -0.154. The Hall–Kier alpha value is -2.49. The van der Waals surface area contributed by atoms with Gasteiger partial charge in [-0.15, -0.1) is 0 Å². The topological polar surface area (TPSA) is 119 Å². The number of aryl methyl sites for hydroxylation is 1. The number of halogens is 1. The van der Waals surface area contributed by atoms with Crippen molar-refractivity contribution < 1.29 is 19.2 Å². The van der Waals surface area contributed by atoms with Crippen LogP contribution in [0.2, 0.25) is 0 Å². The van der Waals surface area contributed by atoms with Crippen LogP contribution >= 0.6 is 0 Å². The molecule has 27 heavy (non-hydrogen) atoms. The van der Waals surface area contributed by atoms with E-state index in [0.717, 1.165) is 25.7 Å². The number of carbonyl (C=O) groups is 2. The number of hydrogen-bond donors (Lipinski definition) is 4. The molecular weight excluding hydrogens is 355 g/mol. The van der Waals surface area contributed by atoms with Crippen molar-refractivity contribution in [3.8, 4) is 0 Å². The quantitative estimate of drug-likeness (QED) is 0.276. The molecule has 1 fully saturated rings. The van der Waals surface area contributed by atoms with E-state index in [4.69, 9.17) is 0 Å². The maximum atomic E-state index is 14.3. The number of hydroxylamine groups is 2. The highest BCUT2D eigenvalue weighted by atomic mass is 19.1. The number of hydrogen-bond acceptors (Lipinski definition) is 7. The van der Waals surface area contributed by atoms with Gasteiger partial charge in [0.1, 0.15) is 5.82 Å². The molecule has 150 valence electrons. The molecule has 1 aliphatic carbocycles. The van der Waals surface area contributed by atoms with Crippen LogP contribution in [0, 0.1) is 17.7 Å². The van der Waals surface area contributed by atoms with Crippen LogP contribution in [0.4, 0.5) is 16.0 Å². The molecular formula is C17H27FN6O3. The summed E-state index contributed by atoms with van der Waals surface area (Å²) >= 11 is 0. The highest BCUT2D eigenvalue weighted by Gasteiger charge is 2.27. The zero-order valence-electron chi connectivity index (χ0n) is 15.7. The summed E-state index contributed by atoms with van der Waals surface area (Å²) in [6.07, 6.45) is 5.59. The van der Waals surface area contributed by atoms with Crippen molar-refractivity contribution in [2.24, 2.45) is 11.8 Å². The monoisotopic (exact) mass is 382 g/mol. The predicted molar refractivity (Wildman–Crippen MR) is 97.3 cm³/mol. The van der Waals surface area contributed by atoms with E-state index in [1.165, 1.54) is 0 Å². The van der Waals surface area contributed by atoms with E-state index in [9.17, 15) is 19.2 Å². The van der Waals surface area contributed by atoms with Crippen molar-refractivity contribution in [2.45, 2.75) is 45.4 Å². The van der Waals surface area contributed by atoms with Gasteiger partial charge in [0, 0.05) is 13.5 Å². The summed E-state index contributed by atoms with van der Waals surface area (Å²) in [4.78, 5) is 31.4. The maximum Gasteiger partial charge on any atom is 0.243 e. The smallest absolute Gasteiger partial charge is 0.243 e. The van der Waals surface area contributed by atoms with Gasteiger partial charge in [0.05, 0.1) is 12.5 Å². The van der Waals surface area contributed by atoms with Crippen LogP contribution < -0.4 is 16.2 Å². The third-order valence-corrected chi connectivity index (χ3v) is 4.75. The first kappa shape index (κ1) is 20.8. The van der Waals surface area contributed by atoms with Crippen LogP contribution in [0.25, 0.3) is 0 Å². The fourth-order valence-corrected chi connectivity index (χ4v) is 3.30. The molecule has 1 atom stereocenters. The normalized spacial score (nSPS) is 15.3. The van der Waals surface area contributed by atoms with Gasteiger partial charge >= 0.3 is 0 Å². The molecule has 0 saturated heterocycles. The fraction of sp³-hybridized carbons (Fsp3) is 0.647. The molecule has 1 aromatic heterocycles. The molecule has 1 aliphatic rings. The second-order valence-electron chi connectivity index (χ2n) is 6.68. The number of hydrazine groups is 1. The lowest BCUT2D eigenvalue weighted by atomic mass is 9.92. The highest BCUT2D eigenvalue weighted by molar-refractivity contribution is 5.80. The van der Waals surface area contributed by atoms with E-state index in [1.807, 2.05) is 6.92 Å². The van der Waals surface area contributed by atoms with Gasteiger partial charge in [-0.3, -0.25) is 25.6 Å². The van der Waals surface area contributed by atoms with Crippen LogP contribution in [-0.2, 0) is 16.0 Å². The van der Waals surface area contributed by atoms with E-state index in [-0.39, 0.29) is 24.6 Å². The van der Waals surface area contributed by atoms with Crippen LogP contribution in [0.15, 0.2) is 0 Å². The van der Waals surface area contributed by atoms with Crippen molar-refractivity contribution in [3.63, 3.8) is 0 Å². The average Bonchev–Trinajstić information content (AvgIpc) is 3.19. The van der Waals surface area contributed by atoms with Crippen LogP contribution in [0.3, 0.4) is 0 Å². The van der Waals surface area contributed by atoms with Gasteiger partial charge in [-0.1, -0.05) is 32.6 Å². The Morgan fingerprint density at radius 2 is 2.04 bits per heavy atom. The molecule has 1 saturated carbocycles. The van der Waals surface area contributed by atoms with Crippen molar-refractivity contribution in [3.05, 3.63) is 11.6 Å². The van der Waals surface area contributed by atoms with E-state index in [2.05, 4.69) is 26.1 Å². The van der Waals surface area contributed by atoms with Gasteiger partial charge in [-0.25, -0.2) is 15.0 Å². The molecule has 1 aromatic rings. The lowest BCUT2D eigenvalue weighted by Crippen LogP contribution is -2.41. The first-order chi connectivity index (χ1) is 13.0. The maximum absolute atomic E-state index is 14.3. The van der Waals surface area contributed by atoms with E-state index < -0.39 is 17.6 Å². The Kier molecular flexibility index (Phi) is 7.71. The van der Waals surface area contributed by atoms with Crippen molar-refractivity contribution in [1.82, 2.24) is 20.5 Å². The Morgan fingerprint density at radius 1 is 1.37 bits per heavy atom. The number of nitrogens with zero attached hydrogens (tertiary/aromatic N) is 3. The van der Waals surface area contributed by atoms with Crippen LogP contribution in [0.1, 0.15) is 44.9 Å². The van der Waals surface area contributed by atoms with Crippen molar-refractivity contribution in [2.75, 3.05) is 24.3 Å². The van der Waals surface area contributed by atoms with Gasteiger partial charge in [0.2, 0.25) is 18.1 Å². The van der Waals surface area contributed by atoms with E-state index >= 15 is 0 Å². The average molecular weight is 382 g/mol. The summed E-state index contributed by atoms with van der Waals surface area (Å²) in [6, 6.07) is 0. The van der Waals surface area contributed by atoms with Gasteiger partial charge < -0.3 is 5.32 Å².